The molecule has 1 aliphatic carbocycles. The van der Waals surface area contributed by atoms with E-state index in [2.05, 4.69) is 10.6 Å². The minimum absolute atomic E-state index is 0. The predicted molar refractivity (Wildman–Crippen MR) is 104 cm³/mol. The van der Waals surface area contributed by atoms with Gasteiger partial charge in [0, 0.05) is 18.6 Å². The number of benzene rings is 1. The van der Waals surface area contributed by atoms with Crippen molar-refractivity contribution in [2.75, 3.05) is 31.3 Å². The first-order valence-electron chi connectivity index (χ1n) is 8.79. The molecule has 1 aromatic rings. The van der Waals surface area contributed by atoms with Gasteiger partial charge in [-0.2, -0.15) is 0 Å². The molecule has 0 bridgehead atoms. The summed E-state index contributed by atoms with van der Waals surface area (Å²) in [6, 6.07) is 7.42. The second kappa shape index (κ2) is 8.69. The molecular formula is C18H27ClN2O4S. The molecule has 0 aromatic heterocycles. The van der Waals surface area contributed by atoms with E-state index in [1.165, 1.54) is 12.8 Å². The number of piperidine rings is 1. The topological polar surface area (TPSA) is 84.5 Å². The first-order chi connectivity index (χ1) is 11.9. The van der Waals surface area contributed by atoms with Gasteiger partial charge in [-0.05, 0) is 62.4 Å². The van der Waals surface area contributed by atoms with Crippen LogP contribution in [0.3, 0.4) is 0 Å². The van der Waals surface area contributed by atoms with Gasteiger partial charge in [0.15, 0.2) is 14.6 Å². The van der Waals surface area contributed by atoms with E-state index in [0.29, 0.717) is 44.1 Å². The molecule has 6 nitrogen and oxygen atoms in total. The van der Waals surface area contributed by atoms with Gasteiger partial charge in [0.05, 0.1) is 6.61 Å². The Balaban J connectivity index is 0.00000243. The molecule has 1 heterocycles. The molecular weight excluding hydrogens is 376 g/mol. The van der Waals surface area contributed by atoms with E-state index < -0.39 is 20.5 Å². The van der Waals surface area contributed by atoms with Gasteiger partial charge < -0.3 is 15.4 Å². The van der Waals surface area contributed by atoms with Crippen molar-refractivity contribution in [2.24, 2.45) is 5.92 Å². The summed E-state index contributed by atoms with van der Waals surface area (Å²) < 4.78 is 28.9. The minimum Gasteiger partial charge on any atom is -0.376 e. The van der Waals surface area contributed by atoms with Crippen molar-refractivity contribution in [3.05, 3.63) is 29.8 Å². The van der Waals surface area contributed by atoms with E-state index in [4.69, 9.17) is 4.74 Å². The third-order valence-electron chi connectivity index (χ3n) is 5.04. The van der Waals surface area contributed by atoms with Crippen LogP contribution in [-0.2, 0) is 26.0 Å². The number of halogens is 1. The van der Waals surface area contributed by atoms with Crippen molar-refractivity contribution < 1.29 is 17.9 Å². The molecule has 8 heteroatoms. The summed E-state index contributed by atoms with van der Waals surface area (Å²) in [7, 11) is -3.51. The average Bonchev–Trinajstić information content (AvgIpc) is 3.39. The Labute approximate surface area is 161 Å². The van der Waals surface area contributed by atoms with Gasteiger partial charge in [0.1, 0.15) is 0 Å². The smallest absolute Gasteiger partial charge is 0.245 e. The van der Waals surface area contributed by atoms with Gasteiger partial charge in [-0.3, -0.25) is 4.79 Å². The highest BCUT2D eigenvalue weighted by Crippen LogP contribution is 2.30. The number of nitrogens with one attached hydrogen (secondary N) is 2. The Morgan fingerprint density at radius 2 is 2.00 bits per heavy atom. The van der Waals surface area contributed by atoms with E-state index in [1.54, 1.807) is 6.07 Å². The first kappa shape index (κ1) is 21.2. The summed E-state index contributed by atoms with van der Waals surface area (Å²) in [5.74, 6) is 0.268. The Morgan fingerprint density at radius 3 is 2.62 bits per heavy atom. The molecule has 0 unspecified atom stereocenters. The van der Waals surface area contributed by atoms with E-state index >= 15 is 0 Å². The van der Waals surface area contributed by atoms with Crippen molar-refractivity contribution in [1.29, 1.82) is 0 Å². The maximum Gasteiger partial charge on any atom is 0.245 e. The Morgan fingerprint density at radius 1 is 1.31 bits per heavy atom. The fourth-order valence-electron chi connectivity index (χ4n) is 3.21. The molecule has 1 aliphatic heterocycles. The zero-order valence-corrected chi connectivity index (χ0v) is 16.6. The summed E-state index contributed by atoms with van der Waals surface area (Å²) >= 11 is 0. The van der Waals surface area contributed by atoms with Crippen molar-refractivity contribution in [1.82, 2.24) is 5.32 Å². The minimum atomic E-state index is -3.51. The highest BCUT2D eigenvalue weighted by Gasteiger charge is 2.48. The standard InChI is InChI=1S/C18H26N2O4S.ClH/c1-25(22,23)18(7-9-19-10-8-18)17(21)20-16-4-2-3-15(11-16)13-24-12-14-5-6-14;/h2-4,11,14,19H,5-10,12-13H2,1H3,(H,20,21);1H. The van der Waals surface area contributed by atoms with Crippen LogP contribution >= 0.6 is 12.4 Å². The van der Waals surface area contributed by atoms with Crippen LogP contribution in [0.15, 0.2) is 24.3 Å². The second-order valence-electron chi connectivity index (χ2n) is 7.13. The molecule has 1 amide bonds. The fourth-order valence-corrected chi connectivity index (χ4v) is 4.54. The van der Waals surface area contributed by atoms with Crippen LogP contribution in [0.2, 0.25) is 0 Å². The zero-order valence-electron chi connectivity index (χ0n) is 15.0. The summed E-state index contributed by atoms with van der Waals surface area (Å²) in [5, 5.41) is 5.93. The van der Waals surface area contributed by atoms with E-state index in [1.807, 2.05) is 18.2 Å². The summed E-state index contributed by atoms with van der Waals surface area (Å²) in [4.78, 5) is 12.8. The maximum atomic E-state index is 12.8. The van der Waals surface area contributed by atoms with Crippen molar-refractivity contribution in [2.45, 2.75) is 37.0 Å². The highest BCUT2D eigenvalue weighted by atomic mass is 35.5. The summed E-state index contributed by atoms with van der Waals surface area (Å²) in [6.45, 7) is 2.33. The zero-order chi connectivity index (χ0) is 17.9. The molecule has 0 radical (unpaired) electrons. The van der Waals surface area contributed by atoms with Gasteiger partial charge in [-0.1, -0.05) is 12.1 Å². The third kappa shape index (κ3) is 4.97. The molecule has 1 aromatic carbocycles. The van der Waals surface area contributed by atoms with Crippen molar-refractivity contribution in [3.8, 4) is 0 Å². The third-order valence-corrected chi connectivity index (χ3v) is 7.05. The van der Waals surface area contributed by atoms with E-state index in [0.717, 1.165) is 18.4 Å². The second-order valence-corrected chi connectivity index (χ2v) is 9.46. The molecule has 2 aliphatic rings. The van der Waals surface area contributed by atoms with E-state index in [-0.39, 0.29) is 12.4 Å². The molecule has 2 N–H and O–H groups in total. The van der Waals surface area contributed by atoms with Gasteiger partial charge in [-0.15, -0.1) is 12.4 Å². The Hall–Kier alpha value is -1.15. The fraction of sp³-hybridized carbons (Fsp3) is 0.611. The lowest BCUT2D eigenvalue weighted by Gasteiger charge is -2.34. The van der Waals surface area contributed by atoms with Crippen LogP contribution in [0, 0.1) is 5.92 Å². The molecule has 146 valence electrons. The number of rotatable bonds is 7. The number of amides is 1. The SMILES string of the molecule is CS(=O)(=O)C1(C(=O)Nc2cccc(COCC3CC3)c2)CCNCC1.Cl. The maximum absolute atomic E-state index is 12.8. The number of carbonyl (C=O) groups excluding carboxylic acids is 1. The molecule has 1 saturated carbocycles. The average molecular weight is 403 g/mol. The lowest BCUT2D eigenvalue weighted by atomic mass is 9.95. The van der Waals surface area contributed by atoms with Crippen molar-refractivity contribution >= 4 is 33.8 Å². The molecule has 1 saturated heterocycles. The normalized spacial score (nSPS) is 19.4. The first-order valence-corrected chi connectivity index (χ1v) is 10.7. The van der Waals surface area contributed by atoms with Gasteiger partial charge in [0.2, 0.25) is 5.91 Å². The molecule has 0 atom stereocenters. The molecule has 0 spiro atoms. The highest BCUT2D eigenvalue weighted by molar-refractivity contribution is 7.92. The Kier molecular flexibility index (Phi) is 7.07. The van der Waals surface area contributed by atoms with Crippen LogP contribution < -0.4 is 10.6 Å². The summed E-state index contributed by atoms with van der Waals surface area (Å²) in [5.41, 5.74) is 1.58. The largest absolute Gasteiger partial charge is 0.376 e. The van der Waals surface area contributed by atoms with Crippen molar-refractivity contribution in [3.63, 3.8) is 0 Å². The quantitative estimate of drug-likeness (QED) is 0.729. The van der Waals surface area contributed by atoms with Gasteiger partial charge in [-0.25, -0.2) is 8.42 Å². The van der Waals surface area contributed by atoms with Crippen LogP contribution in [0.25, 0.3) is 0 Å². The number of hydrogen-bond acceptors (Lipinski definition) is 5. The molecule has 2 fully saturated rings. The monoisotopic (exact) mass is 402 g/mol. The van der Waals surface area contributed by atoms with E-state index in [9.17, 15) is 13.2 Å². The van der Waals surface area contributed by atoms with Crippen LogP contribution in [0.1, 0.15) is 31.2 Å². The molecule has 26 heavy (non-hydrogen) atoms. The number of anilines is 1. The summed E-state index contributed by atoms with van der Waals surface area (Å²) in [6.07, 6.45) is 4.24. The number of sulfone groups is 1. The van der Waals surface area contributed by atoms with Crippen LogP contribution in [0.4, 0.5) is 5.69 Å². The lowest BCUT2D eigenvalue weighted by molar-refractivity contribution is -0.119. The van der Waals surface area contributed by atoms with Crippen LogP contribution in [-0.4, -0.2) is 45.0 Å². The lowest BCUT2D eigenvalue weighted by Crippen LogP contribution is -2.55. The van der Waals surface area contributed by atoms with Gasteiger partial charge >= 0.3 is 0 Å². The number of carbonyl (C=O) groups is 1. The number of hydrogen-bond donors (Lipinski definition) is 2. The van der Waals surface area contributed by atoms with Crippen LogP contribution in [0.5, 0.6) is 0 Å². The number of ether oxygens (including phenoxy) is 1. The molecule has 3 rings (SSSR count). The predicted octanol–water partition coefficient (Wildman–Crippen LogP) is 2.14. The Bertz CT molecular complexity index is 728. The van der Waals surface area contributed by atoms with Gasteiger partial charge in [0.25, 0.3) is 0 Å².